The summed E-state index contributed by atoms with van der Waals surface area (Å²) in [6, 6.07) is 17.8. The Hall–Kier alpha value is -2.96. The van der Waals surface area contributed by atoms with E-state index < -0.39 is 23.5 Å². The number of hydrogen-bond donors (Lipinski definition) is 1. The van der Waals surface area contributed by atoms with Crippen LogP contribution in [-0.2, 0) is 9.59 Å². The molecule has 1 heterocycles. The molecule has 0 bridgehead atoms. The SMILES string of the molecule is O=C1C(=O)N(c2ccc(F)cc2)C(c2ccc(Cl)cc2)/C1=C(\O)c1ccc(Br)cc1. The van der Waals surface area contributed by atoms with Crippen molar-refractivity contribution in [1.29, 1.82) is 0 Å². The molecule has 1 aliphatic heterocycles. The number of carbonyl (C=O) groups is 2. The van der Waals surface area contributed by atoms with Gasteiger partial charge >= 0.3 is 0 Å². The van der Waals surface area contributed by atoms with Crippen molar-refractivity contribution >= 4 is 50.7 Å². The van der Waals surface area contributed by atoms with Crippen molar-refractivity contribution in [3.63, 3.8) is 0 Å². The van der Waals surface area contributed by atoms with Gasteiger partial charge in [-0.15, -0.1) is 0 Å². The Morgan fingerprint density at radius 3 is 2.13 bits per heavy atom. The smallest absolute Gasteiger partial charge is 0.300 e. The Kier molecular flexibility index (Phi) is 5.45. The Bertz CT molecular complexity index is 1160. The highest BCUT2D eigenvalue weighted by Gasteiger charge is 2.46. The largest absolute Gasteiger partial charge is 0.507 e. The van der Waals surface area contributed by atoms with E-state index in [2.05, 4.69) is 15.9 Å². The van der Waals surface area contributed by atoms with Crippen LogP contribution in [0.15, 0.2) is 82.8 Å². The Morgan fingerprint density at radius 2 is 1.53 bits per heavy atom. The molecule has 150 valence electrons. The van der Waals surface area contributed by atoms with Crippen LogP contribution in [0.5, 0.6) is 0 Å². The Labute approximate surface area is 185 Å². The van der Waals surface area contributed by atoms with Gasteiger partial charge in [0.25, 0.3) is 11.7 Å². The van der Waals surface area contributed by atoms with Gasteiger partial charge in [-0.3, -0.25) is 14.5 Å². The number of rotatable bonds is 3. The lowest BCUT2D eigenvalue weighted by molar-refractivity contribution is -0.132. The van der Waals surface area contributed by atoms with Crippen molar-refractivity contribution in [2.45, 2.75) is 6.04 Å². The molecule has 1 unspecified atom stereocenters. The maximum atomic E-state index is 13.4. The van der Waals surface area contributed by atoms with E-state index in [9.17, 15) is 19.1 Å². The third-order valence-corrected chi connectivity index (χ3v) is 5.63. The van der Waals surface area contributed by atoms with Crippen molar-refractivity contribution in [3.8, 4) is 0 Å². The number of aliphatic hydroxyl groups excluding tert-OH is 1. The van der Waals surface area contributed by atoms with E-state index in [1.54, 1.807) is 48.5 Å². The zero-order valence-electron chi connectivity index (χ0n) is 15.4. The molecule has 7 heteroatoms. The molecule has 3 aromatic carbocycles. The first-order valence-electron chi connectivity index (χ1n) is 8.95. The van der Waals surface area contributed by atoms with Crippen LogP contribution in [0.2, 0.25) is 5.02 Å². The number of carbonyl (C=O) groups excluding carboxylic acids is 2. The summed E-state index contributed by atoms with van der Waals surface area (Å²) in [6.07, 6.45) is 0. The topological polar surface area (TPSA) is 57.6 Å². The number of Topliss-reactive ketones (excluding diaryl/α,β-unsaturated/α-hetero) is 1. The fourth-order valence-electron chi connectivity index (χ4n) is 3.42. The van der Waals surface area contributed by atoms with Crippen LogP contribution in [0.1, 0.15) is 17.2 Å². The molecule has 0 aromatic heterocycles. The van der Waals surface area contributed by atoms with Crippen molar-refractivity contribution in [2.75, 3.05) is 4.90 Å². The fourth-order valence-corrected chi connectivity index (χ4v) is 3.81. The van der Waals surface area contributed by atoms with Crippen LogP contribution in [0.3, 0.4) is 0 Å². The summed E-state index contributed by atoms with van der Waals surface area (Å²) in [5.41, 5.74) is 1.28. The van der Waals surface area contributed by atoms with Crippen molar-refractivity contribution in [2.24, 2.45) is 0 Å². The van der Waals surface area contributed by atoms with Gasteiger partial charge in [-0.2, -0.15) is 0 Å². The van der Waals surface area contributed by atoms with Crippen LogP contribution in [-0.4, -0.2) is 16.8 Å². The third-order valence-electron chi connectivity index (χ3n) is 4.85. The monoisotopic (exact) mass is 485 g/mol. The highest BCUT2D eigenvalue weighted by molar-refractivity contribution is 9.10. The first kappa shape index (κ1) is 20.3. The van der Waals surface area contributed by atoms with Gasteiger partial charge in [-0.1, -0.05) is 51.8 Å². The molecule has 30 heavy (non-hydrogen) atoms. The zero-order chi connectivity index (χ0) is 21.4. The molecule has 0 saturated carbocycles. The van der Waals surface area contributed by atoms with E-state index in [-0.39, 0.29) is 11.3 Å². The molecule has 1 saturated heterocycles. The molecule has 1 N–H and O–H groups in total. The highest BCUT2D eigenvalue weighted by atomic mass is 79.9. The van der Waals surface area contributed by atoms with Crippen molar-refractivity contribution < 1.29 is 19.1 Å². The Balaban J connectivity index is 1.93. The number of aliphatic hydroxyl groups is 1. The molecule has 4 nitrogen and oxygen atoms in total. The number of hydrogen-bond acceptors (Lipinski definition) is 3. The van der Waals surface area contributed by atoms with Crippen LogP contribution in [0, 0.1) is 5.82 Å². The number of amides is 1. The summed E-state index contributed by atoms with van der Waals surface area (Å²) < 4.78 is 14.2. The van der Waals surface area contributed by atoms with Crippen molar-refractivity contribution in [3.05, 3.63) is 105 Å². The van der Waals surface area contributed by atoms with E-state index in [0.29, 0.717) is 21.8 Å². The molecule has 1 atom stereocenters. The second-order valence-corrected chi connectivity index (χ2v) is 8.06. The quantitative estimate of drug-likeness (QED) is 0.286. The number of benzene rings is 3. The molecular weight excluding hydrogens is 473 g/mol. The van der Waals surface area contributed by atoms with E-state index in [1.165, 1.54) is 29.2 Å². The van der Waals surface area contributed by atoms with Gasteiger partial charge in [0, 0.05) is 20.7 Å². The number of halogens is 3. The predicted molar refractivity (Wildman–Crippen MR) is 117 cm³/mol. The average Bonchev–Trinajstić information content (AvgIpc) is 3.00. The van der Waals surface area contributed by atoms with Crippen LogP contribution in [0.25, 0.3) is 5.76 Å². The van der Waals surface area contributed by atoms with Gasteiger partial charge in [0.15, 0.2) is 0 Å². The minimum absolute atomic E-state index is 0.0473. The van der Waals surface area contributed by atoms with Gasteiger partial charge in [-0.05, 0) is 54.1 Å². The number of anilines is 1. The lowest BCUT2D eigenvalue weighted by Crippen LogP contribution is -2.29. The van der Waals surface area contributed by atoms with Gasteiger partial charge in [-0.25, -0.2) is 4.39 Å². The first-order valence-corrected chi connectivity index (χ1v) is 10.1. The lowest BCUT2D eigenvalue weighted by Gasteiger charge is -2.25. The molecule has 3 aromatic rings. The summed E-state index contributed by atoms with van der Waals surface area (Å²) in [5.74, 6) is -2.38. The molecule has 1 fully saturated rings. The first-order chi connectivity index (χ1) is 14.4. The van der Waals surface area contributed by atoms with Gasteiger partial charge in [0.1, 0.15) is 11.6 Å². The summed E-state index contributed by atoms with van der Waals surface area (Å²) in [4.78, 5) is 27.2. The molecule has 0 aliphatic carbocycles. The van der Waals surface area contributed by atoms with Crippen LogP contribution >= 0.6 is 27.5 Å². The van der Waals surface area contributed by atoms with Gasteiger partial charge < -0.3 is 5.11 Å². The zero-order valence-corrected chi connectivity index (χ0v) is 17.7. The van der Waals surface area contributed by atoms with E-state index >= 15 is 0 Å². The van der Waals surface area contributed by atoms with E-state index in [1.807, 2.05) is 0 Å². The summed E-state index contributed by atoms with van der Waals surface area (Å²) >= 11 is 9.33. The highest BCUT2D eigenvalue weighted by Crippen LogP contribution is 2.42. The van der Waals surface area contributed by atoms with E-state index in [4.69, 9.17) is 11.6 Å². The predicted octanol–water partition coefficient (Wildman–Crippen LogP) is 5.87. The molecule has 0 spiro atoms. The Morgan fingerprint density at radius 1 is 0.933 bits per heavy atom. The molecule has 4 rings (SSSR count). The summed E-state index contributed by atoms with van der Waals surface area (Å²) in [5, 5.41) is 11.5. The maximum absolute atomic E-state index is 13.4. The fraction of sp³-hybridized carbons (Fsp3) is 0.0435. The second-order valence-electron chi connectivity index (χ2n) is 6.70. The number of ketones is 1. The summed E-state index contributed by atoms with van der Waals surface area (Å²) in [6.45, 7) is 0. The molecular formula is C23H14BrClFNO3. The molecule has 1 amide bonds. The third kappa shape index (κ3) is 3.64. The minimum atomic E-state index is -0.892. The second kappa shape index (κ2) is 8.05. The van der Waals surface area contributed by atoms with Gasteiger partial charge in [0.05, 0.1) is 11.6 Å². The van der Waals surface area contributed by atoms with Crippen molar-refractivity contribution in [1.82, 2.24) is 0 Å². The average molecular weight is 487 g/mol. The number of nitrogens with zero attached hydrogens (tertiary/aromatic N) is 1. The lowest BCUT2D eigenvalue weighted by atomic mass is 9.95. The normalized spacial score (nSPS) is 18.1. The maximum Gasteiger partial charge on any atom is 0.300 e. The molecule has 0 radical (unpaired) electrons. The standard InChI is InChI=1S/C23H14BrClFNO3/c24-15-5-1-14(2-6-15)21(28)19-20(13-3-7-16(25)8-4-13)27(23(30)22(19)29)18-11-9-17(26)10-12-18/h1-12,20,28H/b21-19+. The summed E-state index contributed by atoms with van der Waals surface area (Å²) in [7, 11) is 0. The van der Waals surface area contributed by atoms with Gasteiger partial charge in [0.2, 0.25) is 0 Å². The van der Waals surface area contributed by atoms with E-state index in [0.717, 1.165) is 4.47 Å². The molecule has 1 aliphatic rings. The van der Waals surface area contributed by atoms with Crippen LogP contribution in [0.4, 0.5) is 10.1 Å². The van der Waals surface area contributed by atoms with Crippen LogP contribution < -0.4 is 4.90 Å². The minimum Gasteiger partial charge on any atom is -0.507 e.